The van der Waals surface area contributed by atoms with Crippen LogP contribution in [0.25, 0.3) is 0 Å². The second-order valence-corrected chi connectivity index (χ2v) is 8.91. The van der Waals surface area contributed by atoms with Gasteiger partial charge in [0.05, 0.1) is 12.2 Å². The standard InChI is InChI=1S/C10H20O2Si/c1-7-8-10(2,9-11-3)12-13(4,5)6/h1H,8-9H2,2-6H3. The molecule has 0 amide bonds. The normalized spacial score (nSPS) is 16.3. The topological polar surface area (TPSA) is 18.5 Å². The van der Waals surface area contributed by atoms with Gasteiger partial charge in [-0.2, -0.15) is 0 Å². The Morgan fingerprint density at radius 3 is 2.23 bits per heavy atom. The predicted octanol–water partition coefficient (Wildman–Crippen LogP) is 2.27. The summed E-state index contributed by atoms with van der Waals surface area (Å²) in [4.78, 5) is 0. The highest BCUT2D eigenvalue weighted by molar-refractivity contribution is 6.69. The van der Waals surface area contributed by atoms with Crippen LogP contribution in [0, 0.1) is 12.3 Å². The number of methoxy groups -OCH3 is 1. The molecule has 1 atom stereocenters. The summed E-state index contributed by atoms with van der Waals surface area (Å²) in [6.07, 6.45) is 5.90. The van der Waals surface area contributed by atoms with E-state index in [4.69, 9.17) is 15.6 Å². The van der Waals surface area contributed by atoms with E-state index in [9.17, 15) is 0 Å². The lowest BCUT2D eigenvalue weighted by Crippen LogP contribution is -2.43. The molecule has 0 radical (unpaired) electrons. The Morgan fingerprint density at radius 1 is 1.38 bits per heavy atom. The summed E-state index contributed by atoms with van der Waals surface area (Å²) in [6, 6.07) is 0. The van der Waals surface area contributed by atoms with Crippen molar-refractivity contribution in [2.45, 2.75) is 38.6 Å². The van der Waals surface area contributed by atoms with Crippen molar-refractivity contribution in [3.8, 4) is 12.3 Å². The lowest BCUT2D eigenvalue weighted by molar-refractivity contribution is 0.00194. The maximum atomic E-state index is 5.98. The van der Waals surface area contributed by atoms with Gasteiger partial charge >= 0.3 is 0 Å². The van der Waals surface area contributed by atoms with Gasteiger partial charge in [0.2, 0.25) is 0 Å². The molecular weight excluding hydrogens is 180 g/mol. The van der Waals surface area contributed by atoms with Crippen molar-refractivity contribution in [3.63, 3.8) is 0 Å². The van der Waals surface area contributed by atoms with E-state index in [1.807, 2.05) is 6.92 Å². The average Bonchev–Trinajstić information content (AvgIpc) is 1.82. The molecule has 0 rings (SSSR count). The van der Waals surface area contributed by atoms with Crippen LogP contribution in [0.1, 0.15) is 13.3 Å². The van der Waals surface area contributed by atoms with Gasteiger partial charge in [0, 0.05) is 13.5 Å². The Balaban J connectivity index is 4.33. The van der Waals surface area contributed by atoms with Crippen LogP contribution in [-0.2, 0) is 9.16 Å². The van der Waals surface area contributed by atoms with E-state index in [2.05, 4.69) is 25.6 Å². The molecule has 0 aliphatic rings. The van der Waals surface area contributed by atoms with E-state index in [0.717, 1.165) is 0 Å². The zero-order chi connectivity index (χ0) is 10.5. The molecule has 0 heterocycles. The Hall–Kier alpha value is -0.303. The zero-order valence-electron chi connectivity index (χ0n) is 9.31. The van der Waals surface area contributed by atoms with Crippen LogP contribution in [-0.4, -0.2) is 27.6 Å². The quantitative estimate of drug-likeness (QED) is 0.501. The molecule has 2 nitrogen and oxygen atoms in total. The van der Waals surface area contributed by atoms with Crippen LogP contribution in [0.5, 0.6) is 0 Å². The maximum Gasteiger partial charge on any atom is 0.184 e. The Morgan fingerprint density at radius 2 is 1.92 bits per heavy atom. The van der Waals surface area contributed by atoms with E-state index >= 15 is 0 Å². The first-order valence-electron chi connectivity index (χ1n) is 4.45. The minimum Gasteiger partial charge on any atom is -0.409 e. The maximum absolute atomic E-state index is 5.98. The van der Waals surface area contributed by atoms with Crippen molar-refractivity contribution in [3.05, 3.63) is 0 Å². The third-order valence-electron chi connectivity index (χ3n) is 1.48. The van der Waals surface area contributed by atoms with Gasteiger partial charge in [-0.15, -0.1) is 12.3 Å². The third-order valence-corrected chi connectivity index (χ3v) is 2.58. The molecule has 1 unspecified atom stereocenters. The van der Waals surface area contributed by atoms with Gasteiger partial charge in [0.1, 0.15) is 0 Å². The summed E-state index contributed by atoms with van der Waals surface area (Å²) in [7, 11) is 0.126. The first kappa shape index (κ1) is 12.7. The zero-order valence-corrected chi connectivity index (χ0v) is 10.3. The fourth-order valence-electron chi connectivity index (χ4n) is 1.38. The Bertz CT molecular complexity index is 190. The minimum absolute atomic E-state index is 0.312. The Labute approximate surface area is 82.8 Å². The molecule has 0 saturated heterocycles. The molecule has 0 aromatic carbocycles. The van der Waals surface area contributed by atoms with Crippen LogP contribution >= 0.6 is 0 Å². The molecule has 0 aliphatic heterocycles. The van der Waals surface area contributed by atoms with E-state index in [-0.39, 0.29) is 5.60 Å². The van der Waals surface area contributed by atoms with Crippen molar-refractivity contribution >= 4 is 8.32 Å². The summed E-state index contributed by atoms with van der Waals surface area (Å²) < 4.78 is 11.1. The third kappa shape index (κ3) is 5.86. The van der Waals surface area contributed by atoms with Crippen molar-refractivity contribution in [2.24, 2.45) is 0 Å². The number of rotatable bonds is 5. The van der Waals surface area contributed by atoms with E-state index < -0.39 is 8.32 Å². The molecule has 0 aromatic heterocycles. The van der Waals surface area contributed by atoms with E-state index in [1.54, 1.807) is 7.11 Å². The number of ether oxygens (including phenoxy) is 1. The summed E-state index contributed by atoms with van der Waals surface area (Å²) in [5.74, 6) is 2.63. The molecular formula is C10H20O2Si. The molecule has 0 N–H and O–H groups in total. The lowest BCUT2D eigenvalue weighted by Gasteiger charge is -2.34. The number of hydrogen-bond donors (Lipinski definition) is 0. The Kier molecular flexibility index (Phi) is 4.69. The summed E-state index contributed by atoms with van der Waals surface area (Å²) >= 11 is 0. The SMILES string of the molecule is C#CCC(C)(COC)O[Si](C)(C)C. The molecule has 0 saturated carbocycles. The monoisotopic (exact) mass is 200 g/mol. The molecule has 0 spiro atoms. The van der Waals surface area contributed by atoms with Crippen molar-refractivity contribution in [1.29, 1.82) is 0 Å². The van der Waals surface area contributed by atoms with Crippen LogP contribution in [0.4, 0.5) is 0 Å². The molecule has 76 valence electrons. The largest absolute Gasteiger partial charge is 0.409 e. The van der Waals surface area contributed by atoms with Gasteiger partial charge in [-0.3, -0.25) is 0 Å². The molecule has 0 aromatic rings. The van der Waals surface area contributed by atoms with Crippen LogP contribution in [0.3, 0.4) is 0 Å². The van der Waals surface area contributed by atoms with E-state index in [1.165, 1.54) is 0 Å². The van der Waals surface area contributed by atoms with Gasteiger partial charge in [-0.1, -0.05) is 0 Å². The summed E-state index contributed by atoms with van der Waals surface area (Å²) in [5.41, 5.74) is -0.312. The van der Waals surface area contributed by atoms with Crippen molar-refractivity contribution in [2.75, 3.05) is 13.7 Å². The van der Waals surface area contributed by atoms with Gasteiger partial charge < -0.3 is 9.16 Å². The smallest absolute Gasteiger partial charge is 0.184 e. The van der Waals surface area contributed by atoms with Gasteiger partial charge in [0.15, 0.2) is 8.32 Å². The summed E-state index contributed by atoms with van der Waals surface area (Å²) in [6.45, 7) is 9.02. The van der Waals surface area contributed by atoms with Crippen LogP contribution in [0.2, 0.25) is 19.6 Å². The average molecular weight is 200 g/mol. The molecule has 3 heteroatoms. The first-order chi connectivity index (χ1) is 5.83. The van der Waals surface area contributed by atoms with Crippen LogP contribution < -0.4 is 0 Å². The first-order valence-corrected chi connectivity index (χ1v) is 7.86. The minimum atomic E-state index is -1.54. The fraction of sp³-hybridized carbons (Fsp3) is 0.800. The number of terminal acetylenes is 1. The molecule has 0 bridgehead atoms. The molecule has 0 fully saturated rings. The predicted molar refractivity (Wildman–Crippen MR) is 58.2 cm³/mol. The second-order valence-electron chi connectivity index (χ2n) is 4.48. The molecule has 13 heavy (non-hydrogen) atoms. The lowest BCUT2D eigenvalue weighted by atomic mass is 10.1. The van der Waals surface area contributed by atoms with Crippen LogP contribution in [0.15, 0.2) is 0 Å². The second kappa shape index (κ2) is 4.80. The van der Waals surface area contributed by atoms with E-state index in [0.29, 0.717) is 13.0 Å². The van der Waals surface area contributed by atoms with Gasteiger partial charge in [-0.25, -0.2) is 0 Å². The molecule has 0 aliphatic carbocycles. The van der Waals surface area contributed by atoms with Crippen molar-refractivity contribution < 1.29 is 9.16 Å². The highest BCUT2D eigenvalue weighted by Gasteiger charge is 2.30. The fourth-order valence-corrected chi connectivity index (χ4v) is 2.99. The number of hydrogen-bond acceptors (Lipinski definition) is 2. The highest BCUT2D eigenvalue weighted by atomic mass is 28.4. The van der Waals surface area contributed by atoms with Gasteiger partial charge in [-0.05, 0) is 26.6 Å². The van der Waals surface area contributed by atoms with Crippen molar-refractivity contribution in [1.82, 2.24) is 0 Å². The highest BCUT2D eigenvalue weighted by Crippen LogP contribution is 2.21. The summed E-state index contributed by atoms with van der Waals surface area (Å²) in [5, 5.41) is 0. The van der Waals surface area contributed by atoms with Gasteiger partial charge in [0.25, 0.3) is 0 Å².